The number of carbonyl (C=O) groups is 2. The van der Waals surface area contributed by atoms with Gasteiger partial charge in [-0.15, -0.1) is 0 Å². The van der Waals surface area contributed by atoms with Crippen molar-refractivity contribution < 1.29 is 19.1 Å². The maximum Gasteiger partial charge on any atom is 0.335 e. The molecule has 20 heavy (non-hydrogen) atoms. The second kappa shape index (κ2) is 5.69. The number of hydrogen-bond acceptors (Lipinski definition) is 3. The van der Waals surface area contributed by atoms with Gasteiger partial charge in [0.2, 0.25) is 0 Å². The summed E-state index contributed by atoms with van der Waals surface area (Å²) in [6, 6.07) is 2.79. The second-order valence-electron chi connectivity index (χ2n) is 6.16. The van der Waals surface area contributed by atoms with Crippen LogP contribution in [0.2, 0.25) is 18.1 Å². The molecule has 0 aliphatic rings. The van der Waals surface area contributed by atoms with Crippen LogP contribution >= 0.6 is 15.9 Å². The zero-order chi connectivity index (χ0) is 15.7. The van der Waals surface area contributed by atoms with E-state index in [0.29, 0.717) is 16.5 Å². The van der Waals surface area contributed by atoms with Gasteiger partial charge in [-0.05, 0) is 46.2 Å². The van der Waals surface area contributed by atoms with E-state index in [-0.39, 0.29) is 16.2 Å². The second-order valence-corrected chi connectivity index (χ2v) is 11.7. The van der Waals surface area contributed by atoms with Crippen molar-refractivity contribution in [2.45, 2.75) is 38.9 Å². The Morgan fingerprint density at radius 1 is 1.35 bits per heavy atom. The van der Waals surface area contributed by atoms with Gasteiger partial charge in [-0.3, -0.25) is 4.79 Å². The fraction of sp³-hybridized carbons (Fsp3) is 0.429. The van der Waals surface area contributed by atoms with Crippen molar-refractivity contribution in [2.24, 2.45) is 0 Å². The predicted octanol–water partition coefficient (Wildman–Crippen LogP) is 4.34. The Labute approximate surface area is 128 Å². The summed E-state index contributed by atoms with van der Waals surface area (Å²) in [4.78, 5) is 22.2. The van der Waals surface area contributed by atoms with Gasteiger partial charge < -0.3 is 9.53 Å². The van der Waals surface area contributed by atoms with E-state index in [1.165, 1.54) is 12.1 Å². The Bertz CT molecular complexity index is 547. The Kier molecular flexibility index (Phi) is 4.81. The van der Waals surface area contributed by atoms with Crippen LogP contribution in [-0.4, -0.2) is 25.7 Å². The number of aromatic carboxylic acids is 1. The minimum absolute atomic E-state index is 0.0158. The van der Waals surface area contributed by atoms with Crippen molar-refractivity contribution in [2.75, 3.05) is 0 Å². The van der Waals surface area contributed by atoms with Crippen LogP contribution in [0, 0.1) is 0 Å². The van der Waals surface area contributed by atoms with Crippen molar-refractivity contribution in [3.8, 4) is 5.75 Å². The quantitative estimate of drug-likeness (QED) is 0.641. The van der Waals surface area contributed by atoms with Gasteiger partial charge in [-0.2, -0.15) is 0 Å². The maximum atomic E-state index is 11.2. The van der Waals surface area contributed by atoms with Gasteiger partial charge in [-0.1, -0.05) is 20.8 Å². The fourth-order valence-corrected chi connectivity index (χ4v) is 3.09. The highest BCUT2D eigenvalue weighted by molar-refractivity contribution is 9.10. The molecule has 0 unspecified atom stereocenters. The van der Waals surface area contributed by atoms with Crippen LogP contribution in [0.1, 0.15) is 41.5 Å². The summed E-state index contributed by atoms with van der Waals surface area (Å²) in [6.07, 6.45) is 0.625. The zero-order valence-electron chi connectivity index (χ0n) is 12.3. The molecule has 0 bridgehead atoms. The monoisotopic (exact) mass is 358 g/mol. The van der Waals surface area contributed by atoms with Crippen LogP contribution in [0.25, 0.3) is 0 Å². The molecular formula is C14H19BrO4Si. The molecule has 110 valence electrons. The number of halogens is 1. The number of rotatable bonds is 4. The largest absolute Gasteiger partial charge is 0.542 e. The van der Waals surface area contributed by atoms with Gasteiger partial charge in [0.05, 0.1) is 15.6 Å². The molecule has 1 rings (SSSR count). The van der Waals surface area contributed by atoms with E-state index in [4.69, 9.17) is 9.53 Å². The van der Waals surface area contributed by atoms with Gasteiger partial charge in [0.25, 0.3) is 8.32 Å². The van der Waals surface area contributed by atoms with Crippen molar-refractivity contribution in [3.63, 3.8) is 0 Å². The standard InChI is InChI=1S/C14H19BrO4Si/c1-14(2,3)20(4,5)19-12-10(8-16)6-9(13(17)18)7-11(12)15/h6-8H,1-5H3,(H,17,18). The number of benzene rings is 1. The SMILES string of the molecule is CC(C)(C)[Si](C)(C)Oc1c(Br)cc(C(=O)O)cc1C=O. The zero-order valence-corrected chi connectivity index (χ0v) is 14.9. The molecule has 0 aliphatic heterocycles. The number of carbonyl (C=O) groups excluding carboxylic acids is 1. The lowest BCUT2D eigenvalue weighted by Gasteiger charge is -2.37. The van der Waals surface area contributed by atoms with Crippen LogP contribution in [-0.2, 0) is 0 Å². The average molecular weight is 359 g/mol. The fourth-order valence-electron chi connectivity index (χ4n) is 1.34. The molecule has 1 aromatic carbocycles. The summed E-state index contributed by atoms with van der Waals surface area (Å²) < 4.78 is 6.61. The Morgan fingerprint density at radius 3 is 2.30 bits per heavy atom. The summed E-state index contributed by atoms with van der Waals surface area (Å²) in [5, 5.41) is 9.00. The Hall–Kier alpha value is -1.14. The highest BCUT2D eigenvalue weighted by Crippen LogP contribution is 2.40. The first-order chi connectivity index (χ1) is 8.99. The van der Waals surface area contributed by atoms with Crippen LogP contribution in [0.15, 0.2) is 16.6 Å². The minimum atomic E-state index is -2.11. The molecule has 0 saturated heterocycles. The molecule has 0 heterocycles. The summed E-state index contributed by atoms with van der Waals surface area (Å²) in [5.74, 6) is -0.649. The van der Waals surface area contributed by atoms with Gasteiger partial charge in [0, 0.05) is 0 Å². The van der Waals surface area contributed by atoms with E-state index in [9.17, 15) is 9.59 Å². The molecule has 0 aliphatic carbocycles. The van der Waals surface area contributed by atoms with E-state index < -0.39 is 14.3 Å². The summed E-state index contributed by atoms with van der Waals surface area (Å²) >= 11 is 3.30. The Balaban J connectivity index is 3.33. The average Bonchev–Trinajstić information content (AvgIpc) is 2.29. The lowest BCUT2D eigenvalue weighted by molar-refractivity contribution is 0.0697. The summed E-state index contributed by atoms with van der Waals surface area (Å²) in [5.41, 5.74) is 0.308. The van der Waals surface area contributed by atoms with E-state index in [2.05, 4.69) is 49.8 Å². The smallest absolute Gasteiger partial charge is 0.335 e. The van der Waals surface area contributed by atoms with Crippen LogP contribution < -0.4 is 4.43 Å². The third kappa shape index (κ3) is 3.49. The van der Waals surface area contributed by atoms with Crippen molar-refractivity contribution in [3.05, 3.63) is 27.7 Å². The first kappa shape index (κ1) is 16.9. The maximum absolute atomic E-state index is 11.2. The molecule has 0 aromatic heterocycles. The van der Waals surface area contributed by atoms with Gasteiger partial charge >= 0.3 is 5.97 Å². The van der Waals surface area contributed by atoms with E-state index in [1.807, 2.05) is 0 Å². The Morgan fingerprint density at radius 2 is 1.90 bits per heavy atom. The van der Waals surface area contributed by atoms with E-state index in [0.717, 1.165) is 0 Å². The molecule has 0 spiro atoms. The molecule has 1 N–H and O–H groups in total. The van der Waals surface area contributed by atoms with E-state index in [1.54, 1.807) is 0 Å². The predicted molar refractivity (Wildman–Crippen MR) is 84.3 cm³/mol. The molecule has 0 fully saturated rings. The van der Waals surface area contributed by atoms with E-state index >= 15 is 0 Å². The molecule has 0 radical (unpaired) electrons. The topological polar surface area (TPSA) is 63.6 Å². The molecule has 0 amide bonds. The van der Waals surface area contributed by atoms with Crippen LogP contribution in [0.4, 0.5) is 0 Å². The summed E-state index contributed by atoms with van der Waals surface area (Å²) in [7, 11) is -2.11. The van der Waals surface area contributed by atoms with Crippen LogP contribution in [0.3, 0.4) is 0 Å². The lowest BCUT2D eigenvalue weighted by Crippen LogP contribution is -2.44. The molecule has 0 saturated carbocycles. The number of carboxylic acid groups (broad SMARTS) is 1. The number of hydrogen-bond donors (Lipinski definition) is 1. The first-order valence-electron chi connectivity index (χ1n) is 6.20. The summed E-state index contributed by atoms with van der Waals surface area (Å²) in [6.45, 7) is 10.4. The van der Waals surface area contributed by atoms with Crippen LogP contribution in [0.5, 0.6) is 5.75 Å². The minimum Gasteiger partial charge on any atom is -0.542 e. The van der Waals surface area contributed by atoms with Gasteiger partial charge in [-0.25, -0.2) is 4.79 Å². The molecule has 4 nitrogen and oxygen atoms in total. The van der Waals surface area contributed by atoms with Crippen molar-refractivity contribution >= 4 is 36.5 Å². The molecular weight excluding hydrogens is 340 g/mol. The first-order valence-corrected chi connectivity index (χ1v) is 9.91. The van der Waals surface area contributed by atoms with Gasteiger partial charge in [0.1, 0.15) is 5.75 Å². The normalized spacial score (nSPS) is 12.1. The third-order valence-electron chi connectivity index (χ3n) is 3.61. The van der Waals surface area contributed by atoms with Crippen molar-refractivity contribution in [1.29, 1.82) is 0 Å². The van der Waals surface area contributed by atoms with Gasteiger partial charge in [0.15, 0.2) is 6.29 Å². The number of aldehydes is 1. The molecule has 6 heteroatoms. The third-order valence-corrected chi connectivity index (χ3v) is 8.53. The highest BCUT2D eigenvalue weighted by Gasteiger charge is 2.39. The van der Waals surface area contributed by atoms with Crippen molar-refractivity contribution in [1.82, 2.24) is 0 Å². The highest BCUT2D eigenvalue weighted by atomic mass is 79.9. The number of carboxylic acids is 1. The molecule has 0 atom stereocenters. The lowest BCUT2D eigenvalue weighted by atomic mass is 10.1. The molecule has 1 aromatic rings.